The Morgan fingerprint density at radius 1 is 1.28 bits per heavy atom. The molecule has 1 N–H and O–H groups in total. The Labute approximate surface area is 109 Å². The number of rotatable bonds is 3. The van der Waals surface area contributed by atoms with E-state index in [2.05, 4.69) is 31.0 Å². The van der Waals surface area contributed by atoms with Crippen molar-refractivity contribution in [2.45, 2.75) is 32.7 Å². The minimum atomic E-state index is -0.163. The quantitative estimate of drug-likeness (QED) is 0.887. The SMILES string of the molecule is CC(C)(C)NCC1CCN(c2ccc(F)cc2)C1. The fourth-order valence-corrected chi connectivity index (χ4v) is 2.34. The van der Waals surface area contributed by atoms with Crippen LogP contribution in [0.5, 0.6) is 0 Å². The summed E-state index contributed by atoms with van der Waals surface area (Å²) in [5.74, 6) is 0.526. The van der Waals surface area contributed by atoms with Gasteiger partial charge in [0.15, 0.2) is 0 Å². The van der Waals surface area contributed by atoms with Crippen LogP contribution in [0.3, 0.4) is 0 Å². The second-order valence-corrected chi connectivity index (χ2v) is 6.21. The summed E-state index contributed by atoms with van der Waals surface area (Å²) < 4.78 is 12.9. The molecule has 1 unspecified atom stereocenters. The number of hydrogen-bond donors (Lipinski definition) is 1. The molecule has 0 aliphatic carbocycles. The van der Waals surface area contributed by atoms with Gasteiger partial charge in [-0.15, -0.1) is 0 Å². The Bertz CT molecular complexity index is 380. The smallest absolute Gasteiger partial charge is 0.123 e. The lowest BCUT2D eigenvalue weighted by Gasteiger charge is -2.24. The number of hydrogen-bond acceptors (Lipinski definition) is 2. The Hall–Kier alpha value is -1.09. The van der Waals surface area contributed by atoms with Gasteiger partial charge in [0.2, 0.25) is 0 Å². The molecule has 1 heterocycles. The van der Waals surface area contributed by atoms with Crippen molar-refractivity contribution in [2.75, 3.05) is 24.5 Å². The fraction of sp³-hybridized carbons (Fsp3) is 0.600. The van der Waals surface area contributed by atoms with Crippen LogP contribution in [0.2, 0.25) is 0 Å². The molecule has 1 atom stereocenters. The average Bonchev–Trinajstić information content (AvgIpc) is 2.75. The maximum absolute atomic E-state index is 12.9. The van der Waals surface area contributed by atoms with Gasteiger partial charge in [-0.05, 0) is 57.4 Å². The summed E-state index contributed by atoms with van der Waals surface area (Å²) in [5, 5.41) is 3.56. The molecule has 100 valence electrons. The summed E-state index contributed by atoms with van der Waals surface area (Å²) in [6.07, 6.45) is 1.21. The first-order chi connectivity index (χ1) is 8.44. The van der Waals surface area contributed by atoms with Gasteiger partial charge in [-0.3, -0.25) is 0 Å². The van der Waals surface area contributed by atoms with Crippen LogP contribution in [0.15, 0.2) is 24.3 Å². The summed E-state index contributed by atoms with van der Waals surface area (Å²) in [7, 11) is 0. The van der Waals surface area contributed by atoms with Crippen LogP contribution in [-0.4, -0.2) is 25.2 Å². The number of anilines is 1. The monoisotopic (exact) mass is 250 g/mol. The average molecular weight is 250 g/mol. The van der Waals surface area contributed by atoms with E-state index in [9.17, 15) is 4.39 Å². The van der Waals surface area contributed by atoms with Gasteiger partial charge in [0, 0.05) is 30.9 Å². The van der Waals surface area contributed by atoms with Crippen molar-refractivity contribution in [1.29, 1.82) is 0 Å². The zero-order valence-electron chi connectivity index (χ0n) is 11.5. The molecule has 2 nitrogen and oxygen atoms in total. The van der Waals surface area contributed by atoms with E-state index in [1.54, 1.807) is 0 Å². The maximum Gasteiger partial charge on any atom is 0.123 e. The van der Waals surface area contributed by atoms with E-state index in [4.69, 9.17) is 0 Å². The molecule has 1 saturated heterocycles. The molecule has 0 spiro atoms. The van der Waals surface area contributed by atoms with Crippen molar-refractivity contribution >= 4 is 5.69 Å². The summed E-state index contributed by atoms with van der Waals surface area (Å²) in [4.78, 5) is 2.34. The molecule has 1 aliphatic heterocycles. The van der Waals surface area contributed by atoms with Crippen molar-refractivity contribution in [3.05, 3.63) is 30.1 Å². The molecule has 0 bridgehead atoms. The van der Waals surface area contributed by atoms with Gasteiger partial charge in [-0.2, -0.15) is 0 Å². The molecule has 0 aromatic heterocycles. The zero-order chi connectivity index (χ0) is 13.2. The van der Waals surface area contributed by atoms with Gasteiger partial charge < -0.3 is 10.2 Å². The Morgan fingerprint density at radius 3 is 2.56 bits per heavy atom. The van der Waals surface area contributed by atoms with Crippen molar-refractivity contribution in [2.24, 2.45) is 5.92 Å². The van der Waals surface area contributed by atoms with Crippen LogP contribution >= 0.6 is 0 Å². The highest BCUT2D eigenvalue weighted by Crippen LogP contribution is 2.23. The van der Waals surface area contributed by atoms with E-state index in [0.717, 1.165) is 25.3 Å². The highest BCUT2D eigenvalue weighted by molar-refractivity contribution is 5.47. The largest absolute Gasteiger partial charge is 0.371 e. The molecule has 3 heteroatoms. The molecule has 0 amide bonds. The van der Waals surface area contributed by atoms with Gasteiger partial charge >= 0.3 is 0 Å². The van der Waals surface area contributed by atoms with Crippen LogP contribution in [0.1, 0.15) is 27.2 Å². The van der Waals surface area contributed by atoms with Crippen molar-refractivity contribution in [3.63, 3.8) is 0 Å². The normalized spacial score (nSPS) is 20.4. The van der Waals surface area contributed by atoms with Gasteiger partial charge in [0.1, 0.15) is 5.82 Å². The summed E-state index contributed by atoms with van der Waals surface area (Å²) in [6.45, 7) is 9.77. The standard InChI is InChI=1S/C15H23FN2/c1-15(2,3)17-10-12-8-9-18(11-12)14-6-4-13(16)5-7-14/h4-7,12,17H,8-11H2,1-3H3. The molecule has 1 fully saturated rings. The molecule has 2 rings (SSSR count). The maximum atomic E-state index is 12.9. The first kappa shape index (κ1) is 13.3. The van der Waals surface area contributed by atoms with Crippen molar-refractivity contribution in [3.8, 4) is 0 Å². The number of halogens is 1. The Balaban J connectivity index is 1.86. The van der Waals surface area contributed by atoms with Crippen molar-refractivity contribution < 1.29 is 4.39 Å². The third-order valence-electron chi connectivity index (χ3n) is 3.40. The second kappa shape index (κ2) is 5.27. The molecule has 1 aliphatic rings. The molecular formula is C15H23FN2. The highest BCUT2D eigenvalue weighted by Gasteiger charge is 2.23. The van der Waals surface area contributed by atoms with Crippen LogP contribution < -0.4 is 10.2 Å². The molecule has 0 saturated carbocycles. The number of nitrogens with zero attached hydrogens (tertiary/aromatic N) is 1. The highest BCUT2D eigenvalue weighted by atomic mass is 19.1. The van der Waals surface area contributed by atoms with E-state index in [1.807, 2.05) is 12.1 Å². The van der Waals surface area contributed by atoms with Crippen molar-refractivity contribution in [1.82, 2.24) is 5.32 Å². The molecule has 18 heavy (non-hydrogen) atoms. The van der Waals surface area contributed by atoms with E-state index in [0.29, 0.717) is 5.92 Å². The minimum absolute atomic E-state index is 0.163. The van der Waals surface area contributed by atoms with E-state index in [-0.39, 0.29) is 11.4 Å². The molecule has 1 aromatic carbocycles. The molecular weight excluding hydrogens is 227 g/mol. The topological polar surface area (TPSA) is 15.3 Å². The second-order valence-electron chi connectivity index (χ2n) is 6.21. The lowest BCUT2D eigenvalue weighted by atomic mass is 10.1. The van der Waals surface area contributed by atoms with E-state index in [1.165, 1.54) is 18.6 Å². The van der Waals surface area contributed by atoms with Gasteiger partial charge in [0.25, 0.3) is 0 Å². The zero-order valence-corrected chi connectivity index (χ0v) is 11.5. The summed E-state index contributed by atoms with van der Waals surface area (Å²) in [5.41, 5.74) is 1.32. The molecule has 1 aromatic rings. The third kappa shape index (κ3) is 3.70. The lowest BCUT2D eigenvalue weighted by molar-refractivity contribution is 0.383. The Kier molecular flexibility index (Phi) is 3.91. The van der Waals surface area contributed by atoms with Crippen LogP contribution in [0, 0.1) is 11.7 Å². The predicted octanol–water partition coefficient (Wildman–Crippen LogP) is 3.04. The number of nitrogens with one attached hydrogen (secondary N) is 1. The fourth-order valence-electron chi connectivity index (χ4n) is 2.34. The first-order valence-corrected chi connectivity index (χ1v) is 6.69. The first-order valence-electron chi connectivity index (χ1n) is 6.69. The minimum Gasteiger partial charge on any atom is -0.371 e. The van der Waals surface area contributed by atoms with Gasteiger partial charge in [-0.25, -0.2) is 4.39 Å². The molecule has 0 radical (unpaired) electrons. The van der Waals surface area contributed by atoms with Crippen LogP contribution in [0.4, 0.5) is 10.1 Å². The van der Waals surface area contributed by atoms with Gasteiger partial charge in [0.05, 0.1) is 0 Å². The summed E-state index contributed by atoms with van der Waals surface area (Å²) in [6, 6.07) is 6.82. The van der Waals surface area contributed by atoms with E-state index < -0.39 is 0 Å². The van der Waals surface area contributed by atoms with Gasteiger partial charge in [-0.1, -0.05) is 0 Å². The van der Waals surface area contributed by atoms with Crippen LogP contribution in [0.25, 0.3) is 0 Å². The predicted molar refractivity (Wildman–Crippen MR) is 74.5 cm³/mol. The summed E-state index contributed by atoms with van der Waals surface area (Å²) >= 11 is 0. The number of benzene rings is 1. The van der Waals surface area contributed by atoms with Crippen LogP contribution in [-0.2, 0) is 0 Å². The van der Waals surface area contributed by atoms with E-state index >= 15 is 0 Å². The lowest BCUT2D eigenvalue weighted by Crippen LogP contribution is -2.39. The third-order valence-corrected chi connectivity index (χ3v) is 3.40. The Morgan fingerprint density at radius 2 is 1.94 bits per heavy atom.